The Bertz CT molecular complexity index is 644. The third-order valence-electron chi connectivity index (χ3n) is 5.01. The average Bonchev–Trinajstić information content (AvgIpc) is 2.76. The molecule has 0 unspecified atom stereocenters. The van der Waals surface area contributed by atoms with E-state index in [9.17, 15) is 9.59 Å². The number of phosphoric acid groups is 1. The van der Waals surface area contributed by atoms with Crippen LogP contribution in [0.15, 0.2) is 30.3 Å². The summed E-state index contributed by atoms with van der Waals surface area (Å²) < 4.78 is 8.88. The second-order valence-corrected chi connectivity index (χ2v) is 9.30. The maximum atomic E-state index is 10.3. The van der Waals surface area contributed by atoms with Gasteiger partial charge < -0.3 is 24.9 Å². The van der Waals surface area contributed by atoms with E-state index in [1.54, 1.807) is 30.3 Å². The van der Waals surface area contributed by atoms with Crippen LogP contribution in [0.4, 0.5) is 0 Å². The van der Waals surface area contributed by atoms with Crippen LogP contribution in [0.3, 0.4) is 0 Å². The normalized spacial score (nSPS) is 10.2. The monoisotopic (exact) mass is 512 g/mol. The Morgan fingerprint density at radius 2 is 0.971 bits per heavy atom. The maximum absolute atomic E-state index is 10.3. The summed E-state index contributed by atoms with van der Waals surface area (Å²) in [5.74, 6) is -1.53. The van der Waals surface area contributed by atoms with Crippen molar-refractivity contribution in [3.8, 4) is 0 Å². The fourth-order valence-electron chi connectivity index (χ4n) is 3.23. The first-order valence-corrected chi connectivity index (χ1v) is 13.9. The Morgan fingerprint density at radius 3 is 1.23 bits per heavy atom. The number of benzene rings is 1. The number of hydrogen-bond acceptors (Lipinski definition) is 3. The Kier molecular flexibility index (Phi) is 30.1. The van der Waals surface area contributed by atoms with E-state index >= 15 is 0 Å². The third kappa shape index (κ3) is 40.3. The zero-order valence-corrected chi connectivity index (χ0v) is 21.5. The van der Waals surface area contributed by atoms with E-state index in [0.717, 1.165) is 12.8 Å². The van der Waals surface area contributed by atoms with Gasteiger partial charge in [0.2, 0.25) is 0 Å². The summed E-state index contributed by atoms with van der Waals surface area (Å²) in [7, 11) is -4.64. The summed E-state index contributed by atoms with van der Waals surface area (Å²) in [6.45, 7) is 2.27. The van der Waals surface area contributed by atoms with Gasteiger partial charge in [0.25, 0.3) is 0 Å². The van der Waals surface area contributed by atoms with Crippen LogP contribution < -0.4 is 0 Å². The second-order valence-electron chi connectivity index (χ2n) is 8.28. The van der Waals surface area contributed by atoms with Crippen LogP contribution >= 0.6 is 7.82 Å². The van der Waals surface area contributed by atoms with Crippen molar-refractivity contribution in [3.05, 3.63) is 35.9 Å². The number of carbonyl (C=O) groups is 2. The van der Waals surface area contributed by atoms with E-state index in [2.05, 4.69) is 6.92 Å². The van der Waals surface area contributed by atoms with Crippen molar-refractivity contribution in [1.82, 2.24) is 0 Å². The van der Waals surface area contributed by atoms with Crippen molar-refractivity contribution in [3.63, 3.8) is 0 Å². The molecular weight excluding hydrogens is 466 g/mol. The molecule has 0 spiro atoms. The van der Waals surface area contributed by atoms with Crippen molar-refractivity contribution < 1.29 is 39.0 Å². The van der Waals surface area contributed by atoms with Gasteiger partial charge in [0.1, 0.15) is 0 Å². The van der Waals surface area contributed by atoms with E-state index in [1.165, 1.54) is 83.5 Å². The predicted octanol–water partition coefficient (Wildman–Crippen LogP) is 6.14. The van der Waals surface area contributed by atoms with Crippen LogP contribution in [0.1, 0.15) is 120 Å². The molecule has 0 saturated carbocycles. The van der Waals surface area contributed by atoms with Gasteiger partial charge in [0, 0.05) is 6.42 Å². The van der Waals surface area contributed by atoms with Gasteiger partial charge in [0.05, 0.1) is 5.56 Å². The van der Waals surface area contributed by atoms with E-state index in [1.807, 2.05) is 0 Å². The zero-order valence-electron chi connectivity index (χ0n) is 20.6. The van der Waals surface area contributed by atoms with Crippen molar-refractivity contribution in [2.24, 2.45) is 0 Å². The molecule has 0 fully saturated rings. The van der Waals surface area contributed by atoms with Crippen LogP contribution in [0.5, 0.6) is 0 Å². The average molecular weight is 513 g/mol. The van der Waals surface area contributed by atoms with E-state index in [-0.39, 0.29) is 18.9 Å². The molecule has 0 aliphatic rings. The molecular formula is C25H46LiO8P. The fourth-order valence-corrected chi connectivity index (χ4v) is 3.23. The van der Waals surface area contributed by atoms with Crippen molar-refractivity contribution in [1.29, 1.82) is 0 Å². The van der Waals surface area contributed by atoms with Crippen molar-refractivity contribution >= 4 is 38.6 Å². The molecule has 5 N–H and O–H groups in total. The standard InChI is InChI=1S/C18H36O2.C7H6O2.Li.H3O4P.H/c1-2-3-4-5-6-7-8-9-10-11-12-13-14-15-16-17-18(19)20;8-7(9)6-4-2-1-3-5-6;;1-5(2,3)4;/h2-17H2,1H3,(H,19,20);1-5H,(H,8,9);;(H3,1,2,3,4);. The van der Waals surface area contributed by atoms with Gasteiger partial charge >= 0.3 is 38.6 Å². The first-order valence-electron chi connectivity index (χ1n) is 12.4. The van der Waals surface area contributed by atoms with Gasteiger partial charge in [-0.05, 0) is 18.6 Å². The number of aliphatic carboxylic acids is 1. The predicted molar refractivity (Wildman–Crippen MR) is 142 cm³/mol. The summed E-state index contributed by atoms with van der Waals surface area (Å²) in [5, 5.41) is 16.9. The molecule has 0 atom stereocenters. The molecule has 0 bridgehead atoms. The molecule has 0 aliphatic carbocycles. The van der Waals surface area contributed by atoms with E-state index in [4.69, 9.17) is 29.5 Å². The van der Waals surface area contributed by atoms with Crippen LogP contribution in [-0.2, 0) is 9.36 Å². The Balaban J connectivity index is -0.000000559. The van der Waals surface area contributed by atoms with Gasteiger partial charge in [-0.1, -0.05) is 115 Å². The SMILES string of the molecule is CCCCCCCCCCCCCCCCCC(=O)O.O=C(O)c1ccccc1.O=P(O)(O)O.[LiH]. The molecule has 0 amide bonds. The van der Waals surface area contributed by atoms with Gasteiger partial charge in [-0.25, -0.2) is 9.36 Å². The van der Waals surface area contributed by atoms with Gasteiger partial charge in [-0.15, -0.1) is 0 Å². The number of carboxylic acids is 2. The first-order chi connectivity index (χ1) is 16.1. The van der Waals surface area contributed by atoms with Gasteiger partial charge in [-0.2, -0.15) is 0 Å². The molecule has 0 saturated heterocycles. The summed E-state index contributed by atoms with van der Waals surface area (Å²) >= 11 is 0. The molecule has 1 aromatic rings. The molecule has 8 nitrogen and oxygen atoms in total. The summed E-state index contributed by atoms with van der Waals surface area (Å²) in [6, 6.07) is 8.30. The van der Waals surface area contributed by atoms with Crippen LogP contribution in [0, 0.1) is 0 Å². The summed E-state index contributed by atoms with van der Waals surface area (Å²) in [6.07, 6.45) is 20.2. The molecule has 0 aliphatic heterocycles. The molecule has 0 aromatic heterocycles. The van der Waals surface area contributed by atoms with E-state index in [0.29, 0.717) is 12.0 Å². The molecule has 0 heterocycles. The molecule has 35 heavy (non-hydrogen) atoms. The number of unbranched alkanes of at least 4 members (excludes halogenated alkanes) is 14. The third-order valence-corrected chi connectivity index (χ3v) is 5.01. The Morgan fingerprint density at radius 1 is 0.657 bits per heavy atom. The molecule has 200 valence electrons. The van der Waals surface area contributed by atoms with Crippen LogP contribution in [0.2, 0.25) is 0 Å². The molecule has 10 heteroatoms. The van der Waals surface area contributed by atoms with Crippen LogP contribution in [-0.4, -0.2) is 55.7 Å². The Labute approximate surface area is 223 Å². The quantitative estimate of drug-likeness (QED) is 0.0948. The Hall–Kier alpha value is -1.13. The topological polar surface area (TPSA) is 152 Å². The molecule has 0 radical (unpaired) electrons. The fraction of sp³-hybridized carbons (Fsp3) is 0.680. The number of carboxylic acid groups (broad SMARTS) is 2. The first kappa shape index (κ1) is 38.4. The molecule has 1 aromatic carbocycles. The number of rotatable bonds is 17. The van der Waals surface area contributed by atoms with Crippen LogP contribution in [0.25, 0.3) is 0 Å². The minimum atomic E-state index is -4.64. The van der Waals surface area contributed by atoms with Crippen molar-refractivity contribution in [2.75, 3.05) is 0 Å². The van der Waals surface area contributed by atoms with Crippen molar-refractivity contribution in [2.45, 2.75) is 110 Å². The number of aromatic carboxylic acids is 1. The zero-order chi connectivity index (χ0) is 26.1. The number of hydrogen-bond donors (Lipinski definition) is 5. The van der Waals surface area contributed by atoms with E-state index < -0.39 is 19.8 Å². The summed E-state index contributed by atoms with van der Waals surface area (Å²) in [4.78, 5) is 42.1. The molecule has 1 rings (SSSR count). The summed E-state index contributed by atoms with van der Waals surface area (Å²) in [5.41, 5.74) is 0.331. The van der Waals surface area contributed by atoms with Gasteiger partial charge in [0.15, 0.2) is 0 Å². The van der Waals surface area contributed by atoms with Gasteiger partial charge in [-0.3, -0.25) is 4.79 Å². The second kappa shape index (κ2) is 27.5. The minimum absolute atomic E-state index is 0.